The van der Waals surface area contributed by atoms with Gasteiger partial charge in [0.15, 0.2) is 9.84 Å². The van der Waals surface area contributed by atoms with Crippen LogP contribution in [0.1, 0.15) is 20.8 Å². The Balaban J connectivity index is 1.55. The first kappa shape index (κ1) is 23.7. The third-order valence-electron chi connectivity index (χ3n) is 5.47. The first-order valence-electron chi connectivity index (χ1n) is 10.9. The molecule has 0 spiro atoms. The average Bonchev–Trinajstić information content (AvgIpc) is 3.32. The molecule has 0 radical (unpaired) electrons. The normalized spacial score (nSPS) is 14.8. The summed E-state index contributed by atoms with van der Waals surface area (Å²) in [6.07, 6.45) is 0.873. The number of anilines is 1. The molecule has 1 aliphatic heterocycles. The number of nitrogens with one attached hydrogen (secondary N) is 1. The monoisotopic (exact) mass is 484 g/mol. The lowest BCUT2D eigenvalue weighted by Crippen LogP contribution is -2.50. The van der Waals surface area contributed by atoms with E-state index in [9.17, 15) is 13.2 Å². The zero-order chi connectivity index (χ0) is 24.5. The van der Waals surface area contributed by atoms with Crippen LogP contribution in [-0.2, 0) is 14.6 Å². The molecule has 0 unspecified atom stereocenters. The highest BCUT2D eigenvalue weighted by Crippen LogP contribution is 2.36. The number of piperazine rings is 1. The number of carbonyl (C=O) groups excluding carboxylic acids is 1. The summed E-state index contributed by atoms with van der Waals surface area (Å²) in [7, 11) is -3.51. The van der Waals surface area contributed by atoms with E-state index in [1.165, 1.54) is 0 Å². The zero-order valence-corrected chi connectivity index (χ0v) is 20.5. The highest BCUT2D eigenvalue weighted by atomic mass is 32.2. The van der Waals surface area contributed by atoms with Gasteiger partial charge in [0.25, 0.3) is 0 Å². The van der Waals surface area contributed by atoms with Crippen molar-refractivity contribution in [2.24, 2.45) is 0 Å². The molecule has 1 saturated heterocycles. The highest BCUT2D eigenvalue weighted by Gasteiger charge is 2.26. The van der Waals surface area contributed by atoms with Crippen molar-refractivity contribution in [1.82, 2.24) is 25.5 Å². The number of H-pyrrole nitrogens is 1. The standard InChI is InChI=1S/C23H28N6O4S/c1-23(2,3)33-22(30)29-14-12-28(13-15-29)17-10-8-16(9-11-17)18-6-5-7-19(34(4,31)32)20(18)21-24-26-27-25-21/h5-11H,12-15H2,1-4H3,(H,24,25,26,27). The van der Waals surface area contributed by atoms with Crippen LogP contribution in [0.3, 0.4) is 0 Å². The van der Waals surface area contributed by atoms with Gasteiger partial charge in [-0.25, -0.2) is 13.2 Å². The van der Waals surface area contributed by atoms with Gasteiger partial charge < -0.3 is 14.5 Å². The van der Waals surface area contributed by atoms with Crippen LogP contribution in [0.4, 0.5) is 10.5 Å². The molecule has 0 aliphatic carbocycles. The minimum Gasteiger partial charge on any atom is -0.444 e. The van der Waals surface area contributed by atoms with Gasteiger partial charge in [-0.3, -0.25) is 0 Å². The molecule has 10 nitrogen and oxygen atoms in total. The van der Waals surface area contributed by atoms with Crippen LogP contribution >= 0.6 is 0 Å². The maximum absolute atomic E-state index is 12.4. The summed E-state index contributed by atoms with van der Waals surface area (Å²) in [5.74, 6) is 0.221. The van der Waals surface area contributed by atoms with Gasteiger partial charge in [0, 0.05) is 43.7 Å². The predicted molar refractivity (Wildman–Crippen MR) is 128 cm³/mol. The Morgan fingerprint density at radius 3 is 2.26 bits per heavy atom. The fourth-order valence-electron chi connectivity index (χ4n) is 3.90. The van der Waals surface area contributed by atoms with Gasteiger partial charge in [-0.05, 0) is 55.3 Å². The molecule has 3 aromatic rings. The molecule has 1 aliphatic rings. The molecule has 1 fully saturated rings. The van der Waals surface area contributed by atoms with Gasteiger partial charge in [0.2, 0.25) is 5.82 Å². The lowest BCUT2D eigenvalue weighted by molar-refractivity contribution is 0.0240. The molecule has 1 amide bonds. The van der Waals surface area contributed by atoms with E-state index >= 15 is 0 Å². The van der Waals surface area contributed by atoms with E-state index in [-0.39, 0.29) is 16.8 Å². The Morgan fingerprint density at radius 2 is 1.71 bits per heavy atom. The van der Waals surface area contributed by atoms with Crippen molar-refractivity contribution in [1.29, 1.82) is 0 Å². The summed E-state index contributed by atoms with van der Waals surface area (Å²) in [4.78, 5) is 16.4. The number of aromatic amines is 1. The number of rotatable bonds is 4. The quantitative estimate of drug-likeness (QED) is 0.600. The number of tetrazole rings is 1. The molecule has 4 rings (SSSR count). The Hall–Kier alpha value is -3.47. The van der Waals surface area contributed by atoms with Crippen molar-refractivity contribution < 1.29 is 17.9 Å². The van der Waals surface area contributed by atoms with Crippen LogP contribution < -0.4 is 4.90 Å². The molecule has 180 valence electrons. The van der Waals surface area contributed by atoms with Crippen molar-refractivity contribution in [3.63, 3.8) is 0 Å². The zero-order valence-electron chi connectivity index (χ0n) is 19.6. The van der Waals surface area contributed by atoms with E-state index < -0.39 is 15.4 Å². The van der Waals surface area contributed by atoms with Gasteiger partial charge in [0.1, 0.15) is 5.60 Å². The molecule has 2 aromatic carbocycles. The summed E-state index contributed by atoms with van der Waals surface area (Å²) in [6.45, 7) is 8.12. The first-order chi connectivity index (χ1) is 16.0. The van der Waals surface area contributed by atoms with E-state index in [1.807, 2.05) is 51.1 Å². The summed E-state index contributed by atoms with van der Waals surface area (Å²) < 4.78 is 30.3. The lowest BCUT2D eigenvalue weighted by Gasteiger charge is -2.36. The molecular formula is C23H28N6O4S. The van der Waals surface area contributed by atoms with E-state index in [2.05, 4.69) is 25.5 Å². The van der Waals surface area contributed by atoms with Gasteiger partial charge in [0.05, 0.1) is 4.90 Å². The second kappa shape index (κ2) is 9.05. The number of carbonyl (C=O) groups is 1. The molecule has 11 heteroatoms. The second-order valence-electron chi connectivity index (χ2n) is 9.19. The first-order valence-corrected chi connectivity index (χ1v) is 12.8. The van der Waals surface area contributed by atoms with Crippen molar-refractivity contribution >= 4 is 21.6 Å². The number of aromatic nitrogens is 4. The van der Waals surface area contributed by atoms with Crippen LogP contribution in [0.2, 0.25) is 0 Å². The van der Waals surface area contributed by atoms with Crippen molar-refractivity contribution in [3.05, 3.63) is 42.5 Å². The van der Waals surface area contributed by atoms with E-state index in [0.29, 0.717) is 37.3 Å². The SMILES string of the molecule is CC(C)(C)OC(=O)N1CCN(c2ccc(-c3cccc(S(C)(=O)=O)c3-c3nn[nH]n3)cc2)CC1. The molecule has 1 N–H and O–H groups in total. The van der Waals surface area contributed by atoms with E-state index in [1.54, 1.807) is 17.0 Å². The fraction of sp³-hybridized carbons (Fsp3) is 0.391. The van der Waals surface area contributed by atoms with Crippen LogP contribution in [0, 0.1) is 0 Å². The van der Waals surface area contributed by atoms with Gasteiger partial charge in [-0.15, -0.1) is 10.2 Å². The smallest absolute Gasteiger partial charge is 0.410 e. The van der Waals surface area contributed by atoms with Crippen LogP contribution in [0.25, 0.3) is 22.5 Å². The van der Waals surface area contributed by atoms with Crippen LogP contribution in [-0.4, -0.2) is 78.1 Å². The lowest BCUT2D eigenvalue weighted by atomic mass is 9.98. The second-order valence-corrected chi connectivity index (χ2v) is 11.2. The molecule has 0 atom stereocenters. The third-order valence-corrected chi connectivity index (χ3v) is 6.61. The number of sulfone groups is 1. The van der Waals surface area contributed by atoms with Crippen LogP contribution in [0.5, 0.6) is 0 Å². The number of hydrogen-bond acceptors (Lipinski definition) is 8. The maximum atomic E-state index is 12.4. The Kier molecular flexibility index (Phi) is 6.30. The number of amides is 1. The minimum atomic E-state index is -3.51. The Bertz CT molecular complexity index is 1260. The molecule has 1 aromatic heterocycles. The van der Waals surface area contributed by atoms with E-state index in [4.69, 9.17) is 4.74 Å². The third kappa shape index (κ3) is 5.19. The van der Waals surface area contributed by atoms with E-state index in [0.717, 1.165) is 17.5 Å². The van der Waals surface area contributed by atoms with Crippen molar-refractivity contribution in [2.75, 3.05) is 37.3 Å². The largest absolute Gasteiger partial charge is 0.444 e. The molecule has 0 bridgehead atoms. The molecule has 34 heavy (non-hydrogen) atoms. The van der Waals surface area contributed by atoms with Crippen LogP contribution in [0.15, 0.2) is 47.4 Å². The fourth-order valence-corrected chi connectivity index (χ4v) is 4.80. The summed E-state index contributed by atoms with van der Waals surface area (Å²) >= 11 is 0. The minimum absolute atomic E-state index is 0.147. The van der Waals surface area contributed by atoms with Gasteiger partial charge >= 0.3 is 6.09 Å². The Labute approximate surface area is 198 Å². The van der Waals surface area contributed by atoms with Crippen molar-refractivity contribution in [2.45, 2.75) is 31.3 Å². The highest BCUT2D eigenvalue weighted by molar-refractivity contribution is 7.90. The number of nitrogens with zero attached hydrogens (tertiary/aromatic N) is 5. The molecular weight excluding hydrogens is 456 g/mol. The van der Waals surface area contributed by atoms with Gasteiger partial charge in [-0.1, -0.05) is 24.3 Å². The molecule has 2 heterocycles. The summed E-state index contributed by atoms with van der Waals surface area (Å²) in [5, 5.41) is 14.0. The van der Waals surface area contributed by atoms with Crippen molar-refractivity contribution in [3.8, 4) is 22.5 Å². The predicted octanol–water partition coefficient (Wildman–Crippen LogP) is 2.99. The molecule has 0 saturated carbocycles. The number of ether oxygens (including phenoxy) is 1. The Morgan fingerprint density at radius 1 is 1.03 bits per heavy atom. The van der Waals surface area contributed by atoms with Gasteiger partial charge in [-0.2, -0.15) is 5.21 Å². The maximum Gasteiger partial charge on any atom is 0.410 e. The summed E-state index contributed by atoms with van der Waals surface area (Å²) in [5.41, 5.74) is 2.45. The summed E-state index contributed by atoms with van der Waals surface area (Å²) in [6, 6.07) is 13.0. The number of benzene rings is 2. The average molecular weight is 485 g/mol. The topological polar surface area (TPSA) is 121 Å². The number of hydrogen-bond donors (Lipinski definition) is 1.